The lowest BCUT2D eigenvalue weighted by molar-refractivity contribution is -0.152. The second kappa shape index (κ2) is 10.8. The largest absolute Gasteiger partial charge is 0.480 e. The maximum absolute atomic E-state index is 12.9. The minimum absolute atomic E-state index is 0.137. The molecule has 2 aromatic rings. The maximum atomic E-state index is 12.9. The van der Waals surface area contributed by atoms with Gasteiger partial charge in [-0.3, -0.25) is 20.2 Å². The van der Waals surface area contributed by atoms with E-state index in [1.54, 1.807) is 6.07 Å². The molecule has 2 fully saturated rings. The third-order valence-corrected chi connectivity index (χ3v) is 8.73. The fourth-order valence-corrected chi connectivity index (χ4v) is 7.05. The van der Waals surface area contributed by atoms with Gasteiger partial charge in [0.25, 0.3) is 5.91 Å². The van der Waals surface area contributed by atoms with Gasteiger partial charge in [0.05, 0.1) is 5.56 Å². The van der Waals surface area contributed by atoms with Gasteiger partial charge in [-0.15, -0.1) is 11.3 Å². The van der Waals surface area contributed by atoms with Crippen LogP contribution in [0, 0.1) is 11.8 Å². The van der Waals surface area contributed by atoms with Gasteiger partial charge in [0.1, 0.15) is 10.5 Å². The lowest BCUT2D eigenvalue weighted by Crippen LogP contribution is -2.62. The molecule has 2 aliphatic carbocycles. The maximum Gasteiger partial charge on any atom is 0.324 e. The molecular formula is C26H34N4O4S. The van der Waals surface area contributed by atoms with Crippen LogP contribution in [0.4, 0.5) is 9.80 Å². The first-order valence-electron chi connectivity index (χ1n) is 12.4. The van der Waals surface area contributed by atoms with E-state index in [0.29, 0.717) is 11.5 Å². The number of aliphatic carboxylic acids is 1. The molecule has 1 aromatic heterocycles. The second-order valence-corrected chi connectivity index (χ2v) is 10.8. The lowest BCUT2D eigenvalue weighted by atomic mass is 9.67. The quantitative estimate of drug-likeness (QED) is 0.340. The minimum atomic E-state index is -0.909. The van der Waals surface area contributed by atoms with Crippen molar-refractivity contribution >= 4 is 34.2 Å². The van der Waals surface area contributed by atoms with Crippen LogP contribution in [-0.4, -0.2) is 28.6 Å². The zero-order chi connectivity index (χ0) is 25.0. The molecule has 2 saturated carbocycles. The Kier molecular flexibility index (Phi) is 7.76. The van der Waals surface area contributed by atoms with Crippen molar-refractivity contribution < 1.29 is 19.5 Å². The molecule has 0 bridgehead atoms. The van der Waals surface area contributed by atoms with Gasteiger partial charge in [0.2, 0.25) is 0 Å². The highest BCUT2D eigenvalue weighted by Gasteiger charge is 2.51. The number of carbonyl (C=O) groups is 3. The Labute approximate surface area is 209 Å². The molecule has 7 N–H and O–H groups in total. The third-order valence-electron chi connectivity index (χ3n) is 7.63. The molecule has 1 atom stereocenters. The van der Waals surface area contributed by atoms with E-state index in [4.69, 9.17) is 11.5 Å². The number of carbonyl (C=O) groups excluding carboxylic acids is 2. The molecular weight excluding hydrogens is 464 g/mol. The molecule has 3 amide bonds. The Morgan fingerprint density at radius 2 is 1.60 bits per heavy atom. The van der Waals surface area contributed by atoms with Crippen LogP contribution in [-0.2, 0) is 11.3 Å². The van der Waals surface area contributed by atoms with Crippen molar-refractivity contribution in [3.63, 3.8) is 0 Å². The Balaban J connectivity index is 1.60. The van der Waals surface area contributed by atoms with Gasteiger partial charge in [-0.05, 0) is 60.8 Å². The van der Waals surface area contributed by atoms with E-state index in [9.17, 15) is 19.5 Å². The van der Waals surface area contributed by atoms with Crippen LogP contribution in [0.5, 0.6) is 0 Å². The van der Waals surface area contributed by atoms with Crippen molar-refractivity contribution in [2.45, 2.75) is 69.9 Å². The normalized spacial score (nSPS) is 18.7. The van der Waals surface area contributed by atoms with Crippen LogP contribution < -0.4 is 22.1 Å². The number of amides is 3. The summed E-state index contributed by atoms with van der Waals surface area (Å²) in [5.74, 6) is -1.09. The van der Waals surface area contributed by atoms with Crippen molar-refractivity contribution in [2.75, 3.05) is 5.32 Å². The third kappa shape index (κ3) is 5.36. The molecule has 0 unspecified atom stereocenters. The van der Waals surface area contributed by atoms with Crippen LogP contribution >= 0.6 is 11.3 Å². The number of carboxylic acid groups (broad SMARTS) is 1. The highest BCUT2D eigenvalue weighted by molar-refractivity contribution is 7.20. The van der Waals surface area contributed by atoms with Gasteiger partial charge in [0, 0.05) is 11.4 Å². The molecule has 9 heteroatoms. The Hall–Kier alpha value is -2.91. The van der Waals surface area contributed by atoms with Crippen LogP contribution in [0.1, 0.15) is 73.7 Å². The first-order valence-corrected chi connectivity index (χ1v) is 13.2. The zero-order valence-corrected chi connectivity index (χ0v) is 20.7. The number of rotatable bonds is 9. The highest BCUT2D eigenvalue weighted by atomic mass is 32.1. The lowest BCUT2D eigenvalue weighted by Gasteiger charge is -2.44. The summed E-state index contributed by atoms with van der Waals surface area (Å²) in [6, 6.07) is 8.67. The van der Waals surface area contributed by atoms with Gasteiger partial charge in [-0.25, -0.2) is 4.79 Å². The topological polar surface area (TPSA) is 148 Å². The monoisotopic (exact) mass is 498 g/mol. The van der Waals surface area contributed by atoms with Gasteiger partial charge >= 0.3 is 12.0 Å². The van der Waals surface area contributed by atoms with Crippen LogP contribution in [0.2, 0.25) is 0 Å². The summed E-state index contributed by atoms with van der Waals surface area (Å²) in [6.07, 6.45) is 9.36. The molecule has 0 saturated heterocycles. The molecule has 2 aliphatic rings. The van der Waals surface area contributed by atoms with Crippen molar-refractivity contribution in [3.05, 3.63) is 41.5 Å². The van der Waals surface area contributed by atoms with Crippen molar-refractivity contribution in [1.82, 2.24) is 5.32 Å². The van der Waals surface area contributed by atoms with Crippen molar-refractivity contribution in [3.8, 4) is 10.4 Å². The molecule has 35 heavy (non-hydrogen) atoms. The molecule has 0 radical (unpaired) electrons. The zero-order valence-electron chi connectivity index (χ0n) is 19.8. The van der Waals surface area contributed by atoms with E-state index in [0.717, 1.165) is 67.4 Å². The predicted molar refractivity (Wildman–Crippen MR) is 137 cm³/mol. The number of hydrogen-bond acceptors (Lipinski definition) is 5. The van der Waals surface area contributed by atoms with Crippen molar-refractivity contribution in [1.29, 1.82) is 0 Å². The first-order chi connectivity index (χ1) is 16.8. The van der Waals surface area contributed by atoms with E-state index in [1.165, 1.54) is 17.8 Å². The summed E-state index contributed by atoms with van der Waals surface area (Å²) in [5.41, 5.74) is 11.8. The number of primary amides is 2. The van der Waals surface area contributed by atoms with Crippen molar-refractivity contribution in [2.24, 2.45) is 23.3 Å². The average molecular weight is 499 g/mol. The standard InChI is InChI=1S/C26H34N4O4S/c27-22(31)20-14-21(35-23(20)30-25(28)34)17-8-6-7-16(13-17)15-29-26(24(32)33,19-11-4-5-12-19)18-9-2-1-3-10-18/h6-8,13-14,18-19,29H,1-5,9-12,15H2,(H2,27,31)(H,32,33)(H3,28,30,34)/t26-/m1/s1. The molecule has 0 aliphatic heterocycles. The predicted octanol–water partition coefficient (Wildman–Crippen LogP) is 4.69. The van der Waals surface area contributed by atoms with Crippen LogP contribution in [0.15, 0.2) is 30.3 Å². The first kappa shape index (κ1) is 25.2. The minimum Gasteiger partial charge on any atom is -0.480 e. The Morgan fingerprint density at radius 1 is 0.971 bits per heavy atom. The van der Waals surface area contributed by atoms with Crippen LogP contribution in [0.25, 0.3) is 10.4 Å². The number of hydrogen-bond donors (Lipinski definition) is 5. The fourth-order valence-electron chi connectivity index (χ4n) is 5.99. The summed E-state index contributed by atoms with van der Waals surface area (Å²) in [4.78, 5) is 36.8. The van der Waals surface area contributed by atoms with E-state index in [-0.39, 0.29) is 17.4 Å². The van der Waals surface area contributed by atoms with E-state index in [2.05, 4.69) is 10.6 Å². The number of urea groups is 1. The molecule has 188 valence electrons. The SMILES string of the molecule is NC(=O)Nc1sc(-c2cccc(CN[C@](C(=O)O)(C3CCCCC3)C3CCCC3)c2)cc1C(N)=O. The number of carboxylic acids is 1. The second-order valence-electron chi connectivity index (χ2n) is 9.75. The highest BCUT2D eigenvalue weighted by Crippen LogP contribution is 2.44. The number of nitrogens with two attached hydrogens (primary N) is 2. The van der Waals surface area contributed by atoms with E-state index in [1.807, 2.05) is 24.3 Å². The van der Waals surface area contributed by atoms with E-state index < -0.39 is 23.4 Å². The van der Waals surface area contributed by atoms with E-state index >= 15 is 0 Å². The summed E-state index contributed by atoms with van der Waals surface area (Å²) in [7, 11) is 0. The molecule has 4 rings (SSSR count). The summed E-state index contributed by atoms with van der Waals surface area (Å²) >= 11 is 1.22. The molecule has 1 aromatic carbocycles. The van der Waals surface area contributed by atoms with Gasteiger partial charge < -0.3 is 16.6 Å². The Morgan fingerprint density at radius 3 is 2.17 bits per heavy atom. The molecule has 1 heterocycles. The average Bonchev–Trinajstić information content (AvgIpc) is 3.51. The number of nitrogens with one attached hydrogen (secondary N) is 2. The van der Waals surface area contributed by atoms with Gasteiger partial charge in [0.15, 0.2) is 0 Å². The summed E-state index contributed by atoms with van der Waals surface area (Å²) < 4.78 is 0. The molecule has 0 spiro atoms. The molecule has 8 nitrogen and oxygen atoms in total. The number of thiophene rings is 1. The van der Waals surface area contributed by atoms with Gasteiger partial charge in [-0.2, -0.15) is 0 Å². The fraction of sp³-hybridized carbons (Fsp3) is 0.500. The smallest absolute Gasteiger partial charge is 0.324 e. The summed E-state index contributed by atoms with van der Waals surface area (Å²) in [5, 5.41) is 16.9. The van der Waals surface area contributed by atoms with Gasteiger partial charge in [-0.1, -0.05) is 50.3 Å². The number of anilines is 1. The summed E-state index contributed by atoms with van der Waals surface area (Å²) in [6.45, 7) is 0.438. The number of benzene rings is 1. The van der Waals surface area contributed by atoms with Crippen LogP contribution in [0.3, 0.4) is 0 Å². The Bertz CT molecular complexity index is 1090.